The largest absolute Gasteiger partial charge is 0.481 e. The summed E-state index contributed by atoms with van der Waals surface area (Å²) in [5.74, 6) is 0.270. The molecule has 0 aliphatic carbocycles. The molecule has 54 valence electrons. The molecule has 0 heterocycles. The van der Waals surface area contributed by atoms with Crippen molar-refractivity contribution in [2.24, 2.45) is 0 Å². The topological polar surface area (TPSA) is 53.3 Å². The first-order chi connectivity index (χ1) is 4.31. The highest BCUT2D eigenvalue weighted by Gasteiger charge is 1.93. The molecule has 0 aromatic carbocycles. The molecule has 0 radical (unpaired) electrons. The van der Waals surface area contributed by atoms with E-state index in [9.17, 15) is 0 Å². The summed E-state index contributed by atoms with van der Waals surface area (Å²) in [5, 5.41) is 15.4. The Kier molecular flexibility index (Phi) is 5.21. The molecule has 0 spiro atoms. The second kappa shape index (κ2) is 5.56. The van der Waals surface area contributed by atoms with Crippen molar-refractivity contribution in [1.29, 1.82) is 5.41 Å². The van der Waals surface area contributed by atoms with E-state index < -0.39 is 0 Å². The molecule has 0 amide bonds. The predicted molar refractivity (Wildman–Crippen MR) is 35.7 cm³/mol. The smallest absolute Gasteiger partial charge is 0.180 e. The molecular weight excluding hydrogens is 118 g/mol. The third-order valence-electron chi connectivity index (χ3n) is 0.881. The van der Waals surface area contributed by atoms with E-state index in [1.807, 2.05) is 6.92 Å². The summed E-state index contributed by atoms with van der Waals surface area (Å²) in [6, 6.07) is 0. The summed E-state index contributed by atoms with van der Waals surface area (Å²) < 4.78 is 4.82. The van der Waals surface area contributed by atoms with E-state index >= 15 is 0 Å². The quantitative estimate of drug-likeness (QED) is 0.437. The SMILES string of the molecule is CCOC(=N)CCCO. The van der Waals surface area contributed by atoms with E-state index in [-0.39, 0.29) is 12.5 Å². The molecule has 0 rings (SSSR count). The first-order valence-corrected chi connectivity index (χ1v) is 3.12. The Bertz CT molecular complexity index is 83.1. The molecule has 0 aliphatic rings. The van der Waals surface area contributed by atoms with Crippen LogP contribution < -0.4 is 0 Å². The molecular formula is C6H13NO2. The third-order valence-corrected chi connectivity index (χ3v) is 0.881. The first kappa shape index (κ1) is 8.43. The number of hydrogen-bond acceptors (Lipinski definition) is 3. The van der Waals surface area contributed by atoms with E-state index in [0.29, 0.717) is 19.4 Å². The van der Waals surface area contributed by atoms with Gasteiger partial charge in [-0.1, -0.05) is 0 Å². The van der Waals surface area contributed by atoms with Crippen molar-refractivity contribution >= 4 is 5.90 Å². The van der Waals surface area contributed by atoms with Crippen molar-refractivity contribution in [3.05, 3.63) is 0 Å². The monoisotopic (exact) mass is 131 g/mol. The van der Waals surface area contributed by atoms with Crippen LogP contribution in [0.15, 0.2) is 0 Å². The zero-order chi connectivity index (χ0) is 7.11. The molecule has 0 saturated heterocycles. The minimum atomic E-state index is 0.134. The lowest BCUT2D eigenvalue weighted by Gasteiger charge is -2.01. The highest BCUT2D eigenvalue weighted by atomic mass is 16.5. The minimum Gasteiger partial charge on any atom is -0.481 e. The van der Waals surface area contributed by atoms with Crippen LogP contribution in [0.2, 0.25) is 0 Å². The summed E-state index contributed by atoms with van der Waals surface area (Å²) in [6.45, 7) is 2.52. The fraction of sp³-hybridized carbons (Fsp3) is 0.833. The van der Waals surface area contributed by atoms with Crippen LogP contribution in [0.3, 0.4) is 0 Å². The van der Waals surface area contributed by atoms with Gasteiger partial charge in [0, 0.05) is 13.0 Å². The molecule has 9 heavy (non-hydrogen) atoms. The Morgan fingerprint density at radius 1 is 1.67 bits per heavy atom. The van der Waals surface area contributed by atoms with Crippen molar-refractivity contribution in [3.63, 3.8) is 0 Å². The van der Waals surface area contributed by atoms with Gasteiger partial charge in [-0.3, -0.25) is 5.41 Å². The van der Waals surface area contributed by atoms with Crippen LogP contribution >= 0.6 is 0 Å². The summed E-state index contributed by atoms with van der Waals surface area (Å²) in [7, 11) is 0. The molecule has 0 aromatic heterocycles. The normalized spacial score (nSPS) is 9.11. The summed E-state index contributed by atoms with van der Waals surface area (Å²) in [5.41, 5.74) is 0. The second-order valence-electron chi connectivity index (χ2n) is 1.68. The van der Waals surface area contributed by atoms with Crippen molar-refractivity contribution < 1.29 is 9.84 Å². The van der Waals surface area contributed by atoms with Crippen molar-refractivity contribution in [1.82, 2.24) is 0 Å². The van der Waals surface area contributed by atoms with Gasteiger partial charge in [-0.25, -0.2) is 0 Å². The zero-order valence-electron chi connectivity index (χ0n) is 5.68. The van der Waals surface area contributed by atoms with Gasteiger partial charge in [-0.15, -0.1) is 0 Å². The van der Waals surface area contributed by atoms with E-state index in [4.69, 9.17) is 15.3 Å². The average molecular weight is 131 g/mol. The standard InChI is InChI=1S/C6H13NO2/c1-2-9-6(7)4-3-5-8/h7-8H,2-5H2,1H3. The van der Waals surface area contributed by atoms with Crippen LogP contribution in [0, 0.1) is 5.41 Å². The van der Waals surface area contributed by atoms with Crippen molar-refractivity contribution in [3.8, 4) is 0 Å². The number of aliphatic hydroxyl groups excluding tert-OH is 1. The van der Waals surface area contributed by atoms with Crippen molar-refractivity contribution in [2.75, 3.05) is 13.2 Å². The summed E-state index contributed by atoms with van der Waals surface area (Å²) >= 11 is 0. The lowest BCUT2D eigenvalue weighted by Crippen LogP contribution is -2.03. The Labute approximate surface area is 55.2 Å². The molecule has 0 aromatic rings. The van der Waals surface area contributed by atoms with Gasteiger partial charge >= 0.3 is 0 Å². The van der Waals surface area contributed by atoms with Gasteiger partial charge in [0.05, 0.1) is 6.61 Å². The molecule has 0 fully saturated rings. The number of nitrogens with one attached hydrogen (secondary N) is 1. The van der Waals surface area contributed by atoms with Gasteiger partial charge in [0.1, 0.15) is 0 Å². The Morgan fingerprint density at radius 2 is 2.33 bits per heavy atom. The number of ether oxygens (including phenoxy) is 1. The fourth-order valence-electron chi connectivity index (χ4n) is 0.486. The van der Waals surface area contributed by atoms with Crippen LogP contribution in [-0.2, 0) is 4.74 Å². The van der Waals surface area contributed by atoms with Crippen LogP contribution in [0.25, 0.3) is 0 Å². The average Bonchev–Trinajstić information content (AvgIpc) is 1.85. The van der Waals surface area contributed by atoms with E-state index in [1.54, 1.807) is 0 Å². The highest BCUT2D eigenvalue weighted by Crippen LogP contribution is 1.90. The minimum absolute atomic E-state index is 0.134. The molecule has 0 bridgehead atoms. The van der Waals surface area contributed by atoms with Crippen LogP contribution in [0.5, 0.6) is 0 Å². The van der Waals surface area contributed by atoms with Crippen LogP contribution in [-0.4, -0.2) is 24.2 Å². The lowest BCUT2D eigenvalue weighted by atomic mass is 10.3. The van der Waals surface area contributed by atoms with E-state index in [2.05, 4.69) is 0 Å². The Morgan fingerprint density at radius 3 is 2.78 bits per heavy atom. The number of hydrogen-bond donors (Lipinski definition) is 2. The van der Waals surface area contributed by atoms with Gasteiger partial charge < -0.3 is 9.84 Å². The summed E-state index contributed by atoms with van der Waals surface area (Å²) in [4.78, 5) is 0. The lowest BCUT2D eigenvalue weighted by molar-refractivity contribution is 0.275. The Balaban J connectivity index is 3.06. The first-order valence-electron chi connectivity index (χ1n) is 3.12. The molecule has 3 nitrogen and oxygen atoms in total. The second-order valence-corrected chi connectivity index (χ2v) is 1.68. The molecule has 0 atom stereocenters. The maximum absolute atomic E-state index is 8.33. The predicted octanol–water partition coefficient (Wildman–Crippen LogP) is 0.773. The maximum Gasteiger partial charge on any atom is 0.180 e. The molecule has 0 saturated carbocycles. The molecule has 0 unspecified atom stereocenters. The van der Waals surface area contributed by atoms with Crippen molar-refractivity contribution in [2.45, 2.75) is 19.8 Å². The zero-order valence-corrected chi connectivity index (χ0v) is 5.68. The highest BCUT2D eigenvalue weighted by molar-refractivity contribution is 5.72. The van der Waals surface area contributed by atoms with Gasteiger partial charge in [-0.2, -0.15) is 0 Å². The van der Waals surface area contributed by atoms with Gasteiger partial charge in [0.2, 0.25) is 0 Å². The molecule has 2 N–H and O–H groups in total. The number of aliphatic hydroxyl groups is 1. The van der Waals surface area contributed by atoms with Gasteiger partial charge in [0.15, 0.2) is 5.90 Å². The Hall–Kier alpha value is -0.570. The third kappa shape index (κ3) is 5.30. The molecule has 3 heteroatoms. The van der Waals surface area contributed by atoms with Gasteiger partial charge in [0.25, 0.3) is 0 Å². The number of rotatable bonds is 4. The van der Waals surface area contributed by atoms with Crippen LogP contribution in [0.1, 0.15) is 19.8 Å². The van der Waals surface area contributed by atoms with Crippen LogP contribution in [0.4, 0.5) is 0 Å². The fourth-order valence-corrected chi connectivity index (χ4v) is 0.486. The van der Waals surface area contributed by atoms with Gasteiger partial charge in [-0.05, 0) is 13.3 Å². The maximum atomic E-state index is 8.33. The van der Waals surface area contributed by atoms with E-state index in [1.165, 1.54) is 0 Å². The van der Waals surface area contributed by atoms with E-state index in [0.717, 1.165) is 0 Å². The molecule has 0 aliphatic heterocycles. The summed E-state index contributed by atoms with van der Waals surface area (Å²) in [6.07, 6.45) is 1.17.